The van der Waals surface area contributed by atoms with Gasteiger partial charge in [-0.25, -0.2) is 0 Å². The molecule has 130 valence electrons. The Bertz CT molecular complexity index is 631. The SMILES string of the molecule is C[C@H](Sc1nnc(NC2CC2)s1)C(=O)N(C)C1(C#N)CCCCC1. The number of rotatable bonds is 6. The van der Waals surface area contributed by atoms with Crippen LogP contribution in [0.3, 0.4) is 0 Å². The molecule has 0 bridgehead atoms. The minimum atomic E-state index is -0.635. The second-order valence-corrected chi connectivity index (χ2v) is 9.22. The molecule has 2 fully saturated rings. The monoisotopic (exact) mass is 365 g/mol. The highest BCUT2D eigenvalue weighted by Crippen LogP contribution is 2.36. The number of nitrogens with zero attached hydrogens (tertiary/aromatic N) is 4. The zero-order chi connectivity index (χ0) is 17.2. The van der Waals surface area contributed by atoms with Crippen LogP contribution in [0.4, 0.5) is 5.13 Å². The minimum absolute atomic E-state index is 0.00430. The van der Waals surface area contributed by atoms with Gasteiger partial charge in [0.15, 0.2) is 4.34 Å². The number of carbonyl (C=O) groups excluding carboxylic acids is 1. The summed E-state index contributed by atoms with van der Waals surface area (Å²) in [5.41, 5.74) is -0.635. The van der Waals surface area contributed by atoms with Crippen molar-refractivity contribution in [3.63, 3.8) is 0 Å². The standard InChI is InChI=1S/C16H23N5OS2/c1-11(23-15-20-19-14(24-15)18-12-6-7-12)13(22)21(2)16(10-17)8-4-3-5-9-16/h11-12H,3-9H2,1-2H3,(H,18,19)/t11-/m0/s1. The molecule has 0 saturated heterocycles. The highest BCUT2D eigenvalue weighted by molar-refractivity contribution is 8.02. The summed E-state index contributed by atoms with van der Waals surface area (Å²) in [7, 11) is 1.77. The molecule has 6 nitrogen and oxygen atoms in total. The van der Waals surface area contributed by atoms with Gasteiger partial charge in [-0.15, -0.1) is 10.2 Å². The molecule has 0 unspecified atom stereocenters. The van der Waals surface area contributed by atoms with Crippen LogP contribution in [0.1, 0.15) is 51.9 Å². The molecule has 1 heterocycles. The van der Waals surface area contributed by atoms with E-state index in [1.54, 1.807) is 11.9 Å². The zero-order valence-corrected chi connectivity index (χ0v) is 15.8. The molecule has 2 aliphatic carbocycles. The van der Waals surface area contributed by atoms with Crippen molar-refractivity contribution in [2.24, 2.45) is 0 Å². The first kappa shape index (κ1) is 17.5. The van der Waals surface area contributed by atoms with E-state index in [2.05, 4.69) is 21.6 Å². The highest BCUT2D eigenvalue weighted by Gasteiger charge is 2.40. The van der Waals surface area contributed by atoms with Crippen LogP contribution < -0.4 is 5.32 Å². The van der Waals surface area contributed by atoms with E-state index in [0.717, 1.165) is 41.6 Å². The quantitative estimate of drug-likeness (QED) is 0.779. The van der Waals surface area contributed by atoms with Gasteiger partial charge in [0.2, 0.25) is 11.0 Å². The fraction of sp³-hybridized carbons (Fsp3) is 0.750. The van der Waals surface area contributed by atoms with Crippen molar-refractivity contribution in [3.8, 4) is 6.07 Å². The molecule has 3 rings (SSSR count). The Hall–Kier alpha value is -1.33. The third-order valence-corrected chi connectivity index (χ3v) is 6.82. The fourth-order valence-electron chi connectivity index (χ4n) is 3.06. The molecule has 0 spiro atoms. The lowest BCUT2D eigenvalue weighted by molar-refractivity contribution is -0.133. The third kappa shape index (κ3) is 3.83. The Labute approximate surface area is 151 Å². The molecular weight excluding hydrogens is 342 g/mol. The molecule has 1 atom stereocenters. The van der Waals surface area contributed by atoms with Crippen LogP contribution in [0.25, 0.3) is 0 Å². The fourth-order valence-corrected chi connectivity index (χ4v) is 5.13. The number of thioether (sulfide) groups is 1. The highest BCUT2D eigenvalue weighted by atomic mass is 32.2. The van der Waals surface area contributed by atoms with Crippen LogP contribution in [0.2, 0.25) is 0 Å². The Kier molecular flexibility index (Phi) is 5.30. The molecule has 0 radical (unpaired) electrons. The van der Waals surface area contributed by atoms with E-state index >= 15 is 0 Å². The van der Waals surface area contributed by atoms with Crippen molar-refractivity contribution in [3.05, 3.63) is 0 Å². The molecule has 1 N–H and O–H groups in total. The van der Waals surface area contributed by atoms with E-state index in [1.165, 1.54) is 35.9 Å². The van der Waals surface area contributed by atoms with Gasteiger partial charge in [0, 0.05) is 13.1 Å². The van der Waals surface area contributed by atoms with E-state index in [0.29, 0.717) is 6.04 Å². The number of aromatic nitrogens is 2. The van der Waals surface area contributed by atoms with Crippen LogP contribution in [0.5, 0.6) is 0 Å². The molecule has 0 aliphatic heterocycles. The number of hydrogen-bond donors (Lipinski definition) is 1. The summed E-state index contributed by atoms with van der Waals surface area (Å²) in [4.78, 5) is 14.5. The summed E-state index contributed by atoms with van der Waals surface area (Å²) in [6.07, 6.45) is 7.11. The van der Waals surface area contributed by atoms with E-state index in [4.69, 9.17) is 0 Å². The lowest BCUT2D eigenvalue weighted by atomic mass is 9.81. The summed E-state index contributed by atoms with van der Waals surface area (Å²) >= 11 is 2.92. The topological polar surface area (TPSA) is 81.9 Å². The van der Waals surface area contributed by atoms with Gasteiger partial charge >= 0.3 is 0 Å². The van der Waals surface area contributed by atoms with Crippen LogP contribution in [0, 0.1) is 11.3 Å². The molecule has 1 amide bonds. The Morgan fingerprint density at radius 3 is 2.75 bits per heavy atom. The minimum Gasteiger partial charge on any atom is -0.357 e. The molecule has 8 heteroatoms. The van der Waals surface area contributed by atoms with Gasteiger partial charge in [0.25, 0.3) is 0 Å². The second kappa shape index (κ2) is 7.28. The van der Waals surface area contributed by atoms with Crippen LogP contribution in [-0.4, -0.2) is 44.9 Å². The van der Waals surface area contributed by atoms with Crippen LogP contribution in [-0.2, 0) is 4.79 Å². The predicted molar refractivity (Wildman–Crippen MR) is 96.1 cm³/mol. The van der Waals surface area contributed by atoms with Crippen molar-refractivity contribution < 1.29 is 4.79 Å². The Balaban J connectivity index is 1.60. The summed E-state index contributed by atoms with van der Waals surface area (Å²) in [5.74, 6) is -0.00430. The number of amides is 1. The van der Waals surface area contributed by atoms with Crippen molar-refractivity contribution >= 4 is 34.1 Å². The lowest BCUT2D eigenvalue weighted by Crippen LogP contribution is -2.52. The number of anilines is 1. The number of nitriles is 1. The maximum Gasteiger partial charge on any atom is 0.236 e. The zero-order valence-electron chi connectivity index (χ0n) is 14.1. The number of hydrogen-bond acceptors (Lipinski definition) is 7. The first-order valence-corrected chi connectivity index (χ1v) is 10.2. The predicted octanol–water partition coefficient (Wildman–Crippen LogP) is 3.28. The van der Waals surface area contributed by atoms with Crippen LogP contribution in [0.15, 0.2) is 4.34 Å². The second-order valence-electron chi connectivity index (χ2n) is 6.65. The van der Waals surface area contributed by atoms with E-state index in [1.807, 2.05) is 6.92 Å². The summed E-state index contributed by atoms with van der Waals surface area (Å²) in [6, 6.07) is 2.95. The maximum atomic E-state index is 12.8. The van der Waals surface area contributed by atoms with E-state index in [-0.39, 0.29) is 11.2 Å². The largest absolute Gasteiger partial charge is 0.357 e. The van der Waals surface area contributed by atoms with E-state index < -0.39 is 5.54 Å². The van der Waals surface area contributed by atoms with Crippen molar-refractivity contribution in [2.45, 2.75) is 73.0 Å². The number of nitrogens with one attached hydrogen (secondary N) is 1. The third-order valence-electron chi connectivity index (χ3n) is 4.80. The summed E-state index contributed by atoms with van der Waals surface area (Å²) < 4.78 is 0.794. The molecule has 0 aromatic carbocycles. The molecule has 1 aromatic rings. The molecule has 1 aromatic heterocycles. The van der Waals surface area contributed by atoms with Gasteiger partial charge in [0.1, 0.15) is 5.54 Å². The van der Waals surface area contributed by atoms with Gasteiger partial charge in [-0.05, 0) is 32.6 Å². The van der Waals surface area contributed by atoms with Gasteiger partial charge in [-0.2, -0.15) is 5.26 Å². The number of carbonyl (C=O) groups is 1. The van der Waals surface area contributed by atoms with Crippen molar-refractivity contribution in [1.29, 1.82) is 5.26 Å². The Morgan fingerprint density at radius 1 is 1.42 bits per heavy atom. The first-order chi connectivity index (χ1) is 11.5. The van der Waals surface area contributed by atoms with Gasteiger partial charge in [0.05, 0.1) is 11.3 Å². The molecule has 2 saturated carbocycles. The normalized spacial score (nSPS) is 20.9. The van der Waals surface area contributed by atoms with Gasteiger partial charge in [-0.1, -0.05) is 42.4 Å². The first-order valence-electron chi connectivity index (χ1n) is 8.50. The lowest BCUT2D eigenvalue weighted by Gasteiger charge is -2.39. The average molecular weight is 366 g/mol. The van der Waals surface area contributed by atoms with Crippen molar-refractivity contribution in [1.82, 2.24) is 15.1 Å². The molecule has 24 heavy (non-hydrogen) atoms. The Morgan fingerprint density at radius 2 is 2.12 bits per heavy atom. The molecular formula is C16H23N5OS2. The van der Waals surface area contributed by atoms with E-state index in [9.17, 15) is 10.1 Å². The smallest absolute Gasteiger partial charge is 0.236 e. The van der Waals surface area contributed by atoms with Crippen molar-refractivity contribution in [2.75, 3.05) is 12.4 Å². The summed E-state index contributed by atoms with van der Waals surface area (Å²) in [5, 5.41) is 21.8. The van der Waals surface area contributed by atoms with Crippen LogP contribution >= 0.6 is 23.1 Å². The molecule has 2 aliphatic rings. The average Bonchev–Trinajstić information content (AvgIpc) is 3.32. The van der Waals surface area contributed by atoms with Gasteiger partial charge < -0.3 is 10.2 Å². The van der Waals surface area contributed by atoms with Gasteiger partial charge in [-0.3, -0.25) is 4.79 Å². The summed E-state index contributed by atoms with van der Waals surface area (Å²) in [6.45, 7) is 1.88. The maximum absolute atomic E-state index is 12.8.